The van der Waals surface area contributed by atoms with Gasteiger partial charge in [0.05, 0.1) is 16.1 Å². The highest BCUT2D eigenvalue weighted by molar-refractivity contribution is 9.10. The van der Waals surface area contributed by atoms with Crippen LogP contribution in [0.5, 0.6) is 0 Å². The monoisotopic (exact) mass is 458 g/mol. The number of thiophene rings is 1. The number of fused-ring (bicyclic) bond motifs is 2. The van der Waals surface area contributed by atoms with Crippen LogP contribution in [0.2, 0.25) is 0 Å². The third-order valence-electron chi connectivity index (χ3n) is 4.42. The molecule has 4 aromatic rings. The van der Waals surface area contributed by atoms with Crippen LogP contribution < -0.4 is 15.0 Å². The van der Waals surface area contributed by atoms with Crippen LogP contribution in [-0.2, 0) is 4.79 Å². The van der Waals surface area contributed by atoms with Crippen molar-refractivity contribution in [2.45, 2.75) is 6.92 Å². The van der Waals surface area contributed by atoms with Crippen LogP contribution in [0.3, 0.4) is 0 Å². The van der Waals surface area contributed by atoms with Gasteiger partial charge in [0.1, 0.15) is 4.53 Å². The molecule has 134 valence electrons. The number of hydrogen-bond acceptors (Lipinski definition) is 6. The van der Waals surface area contributed by atoms with Gasteiger partial charge >= 0.3 is 0 Å². The van der Waals surface area contributed by atoms with Crippen molar-refractivity contribution < 1.29 is 4.79 Å². The van der Waals surface area contributed by atoms with E-state index in [1.54, 1.807) is 4.90 Å². The minimum Gasteiger partial charge on any atom is -0.308 e. The van der Waals surface area contributed by atoms with Crippen LogP contribution in [0.15, 0.2) is 45.0 Å². The molecular formula is C18H11BrN4O2S2. The number of nitrogens with zero attached hydrogens (tertiary/aromatic N) is 4. The number of carbonyl (C=O) groups is 1. The van der Waals surface area contributed by atoms with Crippen LogP contribution in [0.25, 0.3) is 21.2 Å². The topological polar surface area (TPSA) is 67.6 Å². The van der Waals surface area contributed by atoms with Gasteiger partial charge < -0.3 is 4.90 Å². The number of benzene rings is 1. The van der Waals surface area contributed by atoms with Gasteiger partial charge in [-0.25, -0.2) is 0 Å². The van der Waals surface area contributed by atoms with Crippen molar-refractivity contribution in [1.29, 1.82) is 0 Å². The molecule has 0 saturated heterocycles. The summed E-state index contributed by atoms with van der Waals surface area (Å²) < 4.78 is 2.53. The minimum absolute atomic E-state index is 0.161. The van der Waals surface area contributed by atoms with E-state index in [1.165, 1.54) is 27.2 Å². The minimum atomic E-state index is -0.308. The lowest BCUT2D eigenvalue weighted by atomic mass is 10.1. The molecule has 1 aromatic carbocycles. The van der Waals surface area contributed by atoms with E-state index in [4.69, 9.17) is 0 Å². The number of rotatable bonds is 2. The first-order chi connectivity index (χ1) is 13.1. The molecule has 0 N–H and O–H groups in total. The lowest BCUT2D eigenvalue weighted by molar-refractivity contribution is -0.113. The smallest absolute Gasteiger partial charge is 0.291 e. The molecule has 5 rings (SSSR count). The van der Waals surface area contributed by atoms with E-state index >= 15 is 0 Å². The molecule has 0 aliphatic carbocycles. The van der Waals surface area contributed by atoms with E-state index < -0.39 is 0 Å². The zero-order chi connectivity index (χ0) is 18.7. The molecule has 9 heteroatoms. The average Bonchev–Trinajstić information content (AvgIpc) is 3.39. The Morgan fingerprint density at radius 2 is 2.07 bits per heavy atom. The number of hydrogen-bond donors (Lipinski definition) is 0. The molecular weight excluding hydrogens is 448 g/mol. The summed E-state index contributed by atoms with van der Waals surface area (Å²) in [4.78, 5) is 33.6. The fourth-order valence-corrected chi connectivity index (χ4v) is 5.24. The molecule has 1 aliphatic heterocycles. The highest BCUT2D eigenvalue weighted by Gasteiger charge is 2.33. The summed E-state index contributed by atoms with van der Waals surface area (Å²) in [7, 11) is 0. The van der Waals surface area contributed by atoms with E-state index in [0.717, 1.165) is 20.6 Å². The van der Waals surface area contributed by atoms with E-state index in [0.29, 0.717) is 27.4 Å². The van der Waals surface area contributed by atoms with Crippen LogP contribution in [-0.4, -0.2) is 27.0 Å². The molecule has 4 heterocycles. The highest BCUT2D eigenvalue weighted by atomic mass is 79.9. The summed E-state index contributed by atoms with van der Waals surface area (Å²) >= 11 is 6.18. The third-order valence-corrected chi connectivity index (χ3v) is 6.81. The Morgan fingerprint density at radius 1 is 1.22 bits per heavy atom. The van der Waals surface area contributed by atoms with Crippen molar-refractivity contribution in [3.05, 3.63) is 60.6 Å². The third kappa shape index (κ3) is 2.42. The summed E-state index contributed by atoms with van der Waals surface area (Å²) in [5.74, 6) is 0.367. The van der Waals surface area contributed by atoms with Gasteiger partial charge in [-0.1, -0.05) is 33.3 Å². The van der Waals surface area contributed by atoms with E-state index in [1.807, 2.05) is 42.6 Å². The number of halogens is 1. The number of carbonyl (C=O) groups excluding carboxylic acids is 1. The first-order valence-corrected chi connectivity index (χ1v) is 10.7. The SMILES string of the molecule is CCN1C(=O)C(=c2sc3nc(-c4cccs4)nn3c2=O)c2cc(Br)ccc21. The molecule has 6 nitrogen and oxygen atoms in total. The first kappa shape index (κ1) is 16.8. The normalized spacial score (nSPS) is 15.8. The van der Waals surface area contributed by atoms with Gasteiger partial charge in [-0.2, -0.15) is 9.50 Å². The molecule has 0 spiro atoms. The molecule has 27 heavy (non-hydrogen) atoms. The Bertz CT molecular complexity index is 1320. The second-order valence-corrected chi connectivity index (χ2v) is 8.77. The number of aromatic nitrogens is 3. The van der Waals surface area contributed by atoms with Crippen LogP contribution in [0.1, 0.15) is 12.5 Å². The van der Waals surface area contributed by atoms with Gasteiger partial charge in [-0.3, -0.25) is 9.59 Å². The maximum absolute atomic E-state index is 13.0. The molecule has 3 aromatic heterocycles. The lowest BCUT2D eigenvalue weighted by Crippen LogP contribution is -2.32. The number of anilines is 1. The Labute approximate surface area is 169 Å². The fraction of sp³-hybridized carbons (Fsp3) is 0.111. The summed E-state index contributed by atoms with van der Waals surface area (Å²) in [6.07, 6.45) is 0. The van der Waals surface area contributed by atoms with Crippen molar-refractivity contribution in [2.24, 2.45) is 0 Å². The zero-order valence-electron chi connectivity index (χ0n) is 14.0. The van der Waals surface area contributed by atoms with Gasteiger partial charge in [0, 0.05) is 16.6 Å². The Hall–Kier alpha value is -2.36. The predicted octanol–water partition coefficient (Wildman–Crippen LogP) is 2.93. The van der Waals surface area contributed by atoms with Gasteiger partial charge in [0.25, 0.3) is 11.5 Å². The van der Waals surface area contributed by atoms with Gasteiger partial charge in [0.2, 0.25) is 4.96 Å². The van der Waals surface area contributed by atoms with Crippen LogP contribution >= 0.6 is 38.6 Å². The Balaban J connectivity index is 1.80. The summed E-state index contributed by atoms with van der Waals surface area (Å²) in [6, 6.07) is 9.50. The zero-order valence-corrected chi connectivity index (χ0v) is 17.2. The molecule has 0 atom stereocenters. The average molecular weight is 459 g/mol. The lowest BCUT2D eigenvalue weighted by Gasteiger charge is -2.13. The van der Waals surface area contributed by atoms with Crippen LogP contribution in [0.4, 0.5) is 5.69 Å². The molecule has 0 bridgehead atoms. The van der Waals surface area contributed by atoms with Crippen molar-refractivity contribution >= 4 is 60.7 Å². The predicted molar refractivity (Wildman–Crippen MR) is 110 cm³/mol. The fourth-order valence-electron chi connectivity index (χ4n) is 3.23. The van der Waals surface area contributed by atoms with Gasteiger partial charge in [-0.15, -0.1) is 16.4 Å². The maximum atomic E-state index is 13.0. The Kier molecular flexibility index (Phi) is 3.78. The molecule has 0 fully saturated rings. The van der Waals surface area contributed by atoms with Crippen molar-refractivity contribution in [1.82, 2.24) is 14.6 Å². The molecule has 0 saturated carbocycles. The highest BCUT2D eigenvalue weighted by Crippen LogP contribution is 2.37. The molecule has 1 aliphatic rings. The van der Waals surface area contributed by atoms with Crippen molar-refractivity contribution in [2.75, 3.05) is 11.4 Å². The largest absolute Gasteiger partial charge is 0.308 e. The van der Waals surface area contributed by atoms with Crippen molar-refractivity contribution in [3.63, 3.8) is 0 Å². The standard InChI is InChI=1S/C18H11BrN4O2S2/c1-2-22-11-6-5-9(19)8-10(11)13(16(22)24)14-17(25)23-18(27-14)20-15(21-23)12-4-3-7-26-12/h3-8H,2H2,1H3. The number of amides is 1. The molecule has 0 unspecified atom stereocenters. The van der Waals surface area contributed by atoms with Crippen molar-refractivity contribution in [3.8, 4) is 10.7 Å². The second kappa shape index (κ2) is 6.08. The summed E-state index contributed by atoms with van der Waals surface area (Å²) in [5, 5.41) is 6.29. The number of likely N-dealkylation sites (N-methyl/N-ethyl adjacent to an activating group) is 1. The maximum Gasteiger partial charge on any atom is 0.291 e. The quantitative estimate of drug-likeness (QED) is 0.463. The number of thiazole rings is 1. The summed E-state index contributed by atoms with van der Waals surface area (Å²) in [5.41, 5.74) is 1.69. The van der Waals surface area contributed by atoms with Crippen LogP contribution in [0, 0.1) is 0 Å². The Morgan fingerprint density at radius 3 is 2.78 bits per heavy atom. The van der Waals surface area contributed by atoms with Gasteiger partial charge in [0.15, 0.2) is 5.82 Å². The van der Waals surface area contributed by atoms with E-state index in [-0.39, 0.29) is 11.5 Å². The molecule has 0 radical (unpaired) electrons. The van der Waals surface area contributed by atoms with E-state index in [2.05, 4.69) is 26.0 Å². The summed E-state index contributed by atoms with van der Waals surface area (Å²) in [6.45, 7) is 2.45. The first-order valence-electron chi connectivity index (χ1n) is 8.18. The van der Waals surface area contributed by atoms with Gasteiger partial charge in [-0.05, 0) is 36.6 Å². The van der Waals surface area contributed by atoms with E-state index in [9.17, 15) is 9.59 Å². The molecule has 1 amide bonds. The second-order valence-electron chi connectivity index (χ2n) is 5.93.